The zero-order valence-electron chi connectivity index (χ0n) is 10.6. The standard InChI is InChI=1S/C13H18ClNO2/c1-8-5-6-9(7-10(8)14)11(15)13(2,3)12(16)17-4/h5-7,11H,15H2,1-4H3/t11-/m1/s1. The lowest BCUT2D eigenvalue weighted by Crippen LogP contribution is -2.37. The Bertz CT molecular complexity index is 429. The topological polar surface area (TPSA) is 52.3 Å². The largest absolute Gasteiger partial charge is 0.469 e. The third-order valence-electron chi connectivity index (χ3n) is 3.04. The summed E-state index contributed by atoms with van der Waals surface area (Å²) in [5.74, 6) is -0.332. The van der Waals surface area contributed by atoms with Crippen molar-refractivity contribution in [3.63, 3.8) is 0 Å². The highest BCUT2D eigenvalue weighted by Crippen LogP contribution is 2.33. The number of halogens is 1. The Morgan fingerprint density at radius 3 is 2.53 bits per heavy atom. The van der Waals surface area contributed by atoms with Crippen LogP contribution >= 0.6 is 11.6 Å². The van der Waals surface area contributed by atoms with E-state index in [1.807, 2.05) is 19.1 Å². The molecular weight excluding hydrogens is 238 g/mol. The van der Waals surface area contributed by atoms with Crippen LogP contribution in [0.5, 0.6) is 0 Å². The molecule has 17 heavy (non-hydrogen) atoms. The van der Waals surface area contributed by atoms with Gasteiger partial charge in [0.15, 0.2) is 0 Å². The summed E-state index contributed by atoms with van der Waals surface area (Å²) in [7, 11) is 1.36. The fourth-order valence-corrected chi connectivity index (χ4v) is 1.80. The highest BCUT2D eigenvalue weighted by Gasteiger charge is 2.36. The smallest absolute Gasteiger partial charge is 0.313 e. The molecular formula is C13H18ClNO2. The fraction of sp³-hybridized carbons (Fsp3) is 0.462. The predicted molar refractivity (Wildman–Crippen MR) is 68.9 cm³/mol. The van der Waals surface area contributed by atoms with E-state index in [0.29, 0.717) is 5.02 Å². The molecule has 0 saturated carbocycles. The first-order valence-corrected chi connectivity index (χ1v) is 5.78. The fourth-order valence-electron chi connectivity index (χ4n) is 1.61. The molecule has 2 N–H and O–H groups in total. The average molecular weight is 256 g/mol. The van der Waals surface area contributed by atoms with Gasteiger partial charge in [-0.1, -0.05) is 23.7 Å². The normalized spacial score (nSPS) is 13.3. The average Bonchev–Trinajstić information content (AvgIpc) is 2.30. The molecule has 0 heterocycles. The third kappa shape index (κ3) is 2.79. The van der Waals surface area contributed by atoms with Crippen LogP contribution in [0, 0.1) is 12.3 Å². The molecule has 0 bridgehead atoms. The van der Waals surface area contributed by atoms with Gasteiger partial charge in [0.1, 0.15) is 0 Å². The summed E-state index contributed by atoms with van der Waals surface area (Å²) in [6, 6.07) is 5.13. The first kappa shape index (κ1) is 14.0. The van der Waals surface area contributed by atoms with Crippen LogP contribution in [0.2, 0.25) is 5.02 Å². The van der Waals surface area contributed by atoms with Gasteiger partial charge < -0.3 is 10.5 Å². The summed E-state index contributed by atoms with van der Waals surface area (Å²) < 4.78 is 4.76. The number of carbonyl (C=O) groups excluding carboxylic acids is 1. The van der Waals surface area contributed by atoms with Gasteiger partial charge in [-0.15, -0.1) is 0 Å². The second-order valence-electron chi connectivity index (χ2n) is 4.70. The van der Waals surface area contributed by atoms with E-state index in [4.69, 9.17) is 22.1 Å². The summed E-state index contributed by atoms with van der Waals surface area (Å²) in [4.78, 5) is 11.7. The van der Waals surface area contributed by atoms with Crippen molar-refractivity contribution in [2.75, 3.05) is 7.11 Å². The number of nitrogens with two attached hydrogens (primary N) is 1. The van der Waals surface area contributed by atoms with Gasteiger partial charge in [0, 0.05) is 11.1 Å². The third-order valence-corrected chi connectivity index (χ3v) is 3.45. The Hall–Kier alpha value is -1.06. The van der Waals surface area contributed by atoms with Gasteiger partial charge in [-0.2, -0.15) is 0 Å². The first-order chi connectivity index (χ1) is 7.80. The van der Waals surface area contributed by atoms with Gasteiger partial charge in [-0.25, -0.2) is 0 Å². The number of rotatable bonds is 3. The molecule has 0 aliphatic rings. The zero-order chi connectivity index (χ0) is 13.2. The molecule has 1 rings (SSSR count). The van der Waals surface area contributed by atoms with E-state index in [1.54, 1.807) is 19.9 Å². The molecule has 94 valence electrons. The minimum Gasteiger partial charge on any atom is -0.469 e. The van der Waals surface area contributed by atoms with Gasteiger partial charge in [0.05, 0.1) is 12.5 Å². The number of hydrogen-bond acceptors (Lipinski definition) is 3. The van der Waals surface area contributed by atoms with Crippen molar-refractivity contribution in [2.24, 2.45) is 11.1 Å². The number of methoxy groups -OCH3 is 1. The second-order valence-corrected chi connectivity index (χ2v) is 5.11. The molecule has 3 nitrogen and oxygen atoms in total. The van der Waals surface area contributed by atoms with Crippen molar-refractivity contribution in [2.45, 2.75) is 26.8 Å². The van der Waals surface area contributed by atoms with E-state index in [2.05, 4.69) is 0 Å². The number of esters is 1. The van der Waals surface area contributed by atoms with Gasteiger partial charge in [-0.3, -0.25) is 4.79 Å². The van der Waals surface area contributed by atoms with Crippen LogP contribution < -0.4 is 5.73 Å². The first-order valence-electron chi connectivity index (χ1n) is 5.40. The van der Waals surface area contributed by atoms with Crippen LogP contribution in [0.4, 0.5) is 0 Å². The second kappa shape index (κ2) is 5.07. The Balaban J connectivity index is 3.07. The Morgan fingerprint density at radius 1 is 1.47 bits per heavy atom. The minimum atomic E-state index is -0.784. The summed E-state index contributed by atoms with van der Waals surface area (Å²) in [6.07, 6.45) is 0. The molecule has 1 aromatic carbocycles. The lowest BCUT2D eigenvalue weighted by Gasteiger charge is -2.29. The number of ether oxygens (including phenoxy) is 1. The summed E-state index contributed by atoms with van der Waals surface area (Å²) in [5, 5.41) is 0.651. The van der Waals surface area contributed by atoms with Crippen molar-refractivity contribution >= 4 is 17.6 Å². The molecule has 0 aliphatic heterocycles. The lowest BCUT2D eigenvalue weighted by molar-refractivity contribution is -0.152. The van der Waals surface area contributed by atoms with Crippen molar-refractivity contribution < 1.29 is 9.53 Å². The SMILES string of the molecule is COC(=O)C(C)(C)[C@H](N)c1ccc(C)c(Cl)c1. The Morgan fingerprint density at radius 2 is 2.06 bits per heavy atom. The van der Waals surface area contributed by atoms with E-state index >= 15 is 0 Å². The van der Waals surface area contributed by atoms with Crippen LogP contribution in [0.15, 0.2) is 18.2 Å². The zero-order valence-corrected chi connectivity index (χ0v) is 11.3. The molecule has 4 heteroatoms. The van der Waals surface area contributed by atoms with Crippen molar-refractivity contribution in [1.82, 2.24) is 0 Å². The van der Waals surface area contributed by atoms with Crippen LogP contribution in [-0.2, 0) is 9.53 Å². The highest BCUT2D eigenvalue weighted by atomic mass is 35.5. The Labute approximate surface area is 107 Å². The minimum absolute atomic E-state index is 0.332. The maximum Gasteiger partial charge on any atom is 0.313 e. The van der Waals surface area contributed by atoms with Crippen LogP contribution in [-0.4, -0.2) is 13.1 Å². The van der Waals surface area contributed by atoms with Gasteiger partial charge >= 0.3 is 5.97 Å². The van der Waals surface area contributed by atoms with Crippen LogP contribution in [0.25, 0.3) is 0 Å². The number of hydrogen-bond donors (Lipinski definition) is 1. The monoisotopic (exact) mass is 255 g/mol. The van der Waals surface area contributed by atoms with Gasteiger partial charge in [0.2, 0.25) is 0 Å². The number of carbonyl (C=O) groups is 1. The molecule has 0 radical (unpaired) electrons. The number of aryl methyl sites for hydroxylation is 1. The van der Waals surface area contributed by atoms with E-state index in [9.17, 15) is 4.79 Å². The quantitative estimate of drug-likeness (QED) is 0.845. The van der Waals surface area contributed by atoms with Gasteiger partial charge in [0.25, 0.3) is 0 Å². The Kier molecular flexibility index (Phi) is 4.17. The van der Waals surface area contributed by atoms with Crippen molar-refractivity contribution in [3.05, 3.63) is 34.3 Å². The van der Waals surface area contributed by atoms with Crippen LogP contribution in [0.1, 0.15) is 31.0 Å². The highest BCUT2D eigenvalue weighted by molar-refractivity contribution is 6.31. The van der Waals surface area contributed by atoms with Crippen molar-refractivity contribution in [3.8, 4) is 0 Å². The molecule has 0 spiro atoms. The lowest BCUT2D eigenvalue weighted by atomic mass is 9.81. The van der Waals surface area contributed by atoms with E-state index < -0.39 is 11.5 Å². The molecule has 0 fully saturated rings. The van der Waals surface area contributed by atoms with Crippen molar-refractivity contribution in [1.29, 1.82) is 0 Å². The maximum absolute atomic E-state index is 11.7. The van der Waals surface area contributed by atoms with Gasteiger partial charge in [-0.05, 0) is 38.0 Å². The molecule has 1 atom stereocenters. The molecule has 0 unspecified atom stereocenters. The summed E-state index contributed by atoms with van der Waals surface area (Å²) in [6.45, 7) is 5.44. The summed E-state index contributed by atoms with van der Waals surface area (Å²) in [5.41, 5.74) is 7.14. The molecule has 0 aromatic heterocycles. The molecule has 0 saturated heterocycles. The van der Waals surface area contributed by atoms with E-state index in [-0.39, 0.29) is 5.97 Å². The van der Waals surface area contributed by atoms with Crippen LogP contribution in [0.3, 0.4) is 0 Å². The predicted octanol–water partition coefficient (Wildman–Crippen LogP) is 2.85. The maximum atomic E-state index is 11.7. The molecule has 0 amide bonds. The molecule has 0 aliphatic carbocycles. The van der Waals surface area contributed by atoms with E-state index in [1.165, 1.54) is 7.11 Å². The van der Waals surface area contributed by atoms with E-state index in [0.717, 1.165) is 11.1 Å². The number of benzene rings is 1. The summed E-state index contributed by atoms with van der Waals surface area (Å²) >= 11 is 6.05. The molecule has 1 aromatic rings.